The minimum absolute atomic E-state index is 0.213. The van der Waals surface area contributed by atoms with E-state index in [0.29, 0.717) is 19.7 Å². The lowest BCUT2D eigenvalue weighted by Gasteiger charge is -2.32. The minimum atomic E-state index is -0.862. The average Bonchev–Trinajstić information content (AvgIpc) is 3.03. The number of morpholine rings is 1. The van der Waals surface area contributed by atoms with Crippen LogP contribution in [0.15, 0.2) is 30.5 Å². The molecule has 0 saturated carbocycles. The van der Waals surface area contributed by atoms with Gasteiger partial charge in [0.05, 0.1) is 32.2 Å². The molecule has 7 heteroatoms. The van der Waals surface area contributed by atoms with Crippen molar-refractivity contribution in [3.63, 3.8) is 0 Å². The fourth-order valence-electron chi connectivity index (χ4n) is 2.71. The molecule has 1 atom stereocenters. The minimum Gasteiger partial charge on any atom is -0.497 e. The van der Waals surface area contributed by atoms with E-state index >= 15 is 0 Å². The van der Waals surface area contributed by atoms with E-state index in [1.54, 1.807) is 13.3 Å². The molecule has 0 bridgehead atoms. The van der Waals surface area contributed by atoms with Crippen molar-refractivity contribution in [3.8, 4) is 17.0 Å². The van der Waals surface area contributed by atoms with Crippen LogP contribution in [0.4, 0.5) is 0 Å². The number of carbonyl (C=O) groups is 1. The highest BCUT2D eigenvalue weighted by molar-refractivity contribution is 5.74. The summed E-state index contributed by atoms with van der Waals surface area (Å²) in [6.07, 6.45) is 1.74. The second kappa shape index (κ2) is 6.80. The monoisotopic (exact) mass is 317 g/mol. The first-order valence-corrected chi connectivity index (χ1v) is 7.40. The molecule has 0 unspecified atom stereocenters. The number of aliphatic carboxylic acids is 1. The topological polar surface area (TPSA) is 87.7 Å². The first-order chi connectivity index (χ1) is 11.2. The molecule has 2 heterocycles. The molecule has 7 nitrogen and oxygen atoms in total. The summed E-state index contributed by atoms with van der Waals surface area (Å²) in [5.41, 5.74) is 2.84. The van der Waals surface area contributed by atoms with Crippen LogP contribution < -0.4 is 4.74 Å². The van der Waals surface area contributed by atoms with E-state index in [1.807, 2.05) is 29.2 Å². The highest BCUT2D eigenvalue weighted by Gasteiger charge is 2.29. The predicted molar refractivity (Wildman–Crippen MR) is 83.2 cm³/mol. The number of carboxylic acids is 1. The molecule has 0 amide bonds. The number of nitrogens with one attached hydrogen (secondary N) is 1. The van der Waals surface area contributed by atoms with E-state index in [-0.39, 0.29) is 6.61 Å². The van der Waals surface area contributed by atoms with Gasteiger partial charge in [-0.1, -0.05) is 0 Å². The number of aromatic nitrogens is 2. The number of benzene rings is 1. The molecule has 1 aliphatic heterocycles. The normalized spacial score (nSPS) is 18.7. The summed E-state index contributed by atoms with van der Waals surface area (Å²) in [7, 11) is 1.63. The fourth-order valence-corrected chi connectivity index (χ4v) is 2.71. The Bertz CT molecular complexity index is 668. The van der Waals surface area contributed by atoms with Crippen molar-refractivity contribution in [2.75, 3.05) is 26.9 Å². The Balaban J connectivity index is 1.81. The molecule has 0 radical (unpaired) electrons. The predicted octanol–water partition coefficient (Wildman–Crippen LogP) is 1.37. The molecular weight excluding hydrogens is 298 g/mol. The van der Waals surface area contributed by atoms with Crippen molar-refractivity contribution >= 4 is 5.97 Å². The van der Waals surface area contributed by atoms with Crippen LogP contribution in [0.25, 0.3) is 11.3 Å². The summed E-state index contributed by atoms with van der Waals surface area (Å²) >= 11 is 0. The van der Waals surface area contributed by atoms with E-state index in [4.69, 9.17) is 9.47 Å². The number of nitrogens with zero attached hydrogens (tertiary/aromatic N) is 2. The van der Waals surface area contributed by atoms with Crippen LogP contribution in [0.2, 0.25) is 0 Å². The quantitative estimate of drug-likeness (QED) is 0.866. The molecular formula is C16H19N3O4. The highest BCUT2D eigenvalue weighted by Crippen LogP contribution is 2.25. The molecule has 1 aliphatic rings. The van der Waals surface area contributed by atoms with Crippen molar-refractivity contribution < 1.29 is 19.4 Å². The molecule has 1 saturated heterocycles. The number of methoxy groups -OCH3 is 1. The van der Waals surface area contributed by atoms with Gasteiger partial charge in [-0.2, -0.15) is 5.10 Å². The summed E-state index contributed by atoms with van der Waals surface area (Å²) in [5, 5.41) is 16.4. The third kappa shape index (κ3) is 3.35. The molecule has 2 N–H and O–H groups in total. The third-order valence-corrected chi connectivity index (χ3v) is 3.99. The Morgan fingerprint density at radius 2 is 2.26 bits per heavy atom. The van der Waals surface area contributed by atoms with E-state index in [9.17, 15) is 9.90 Å². The largest absolute Gasteiger partial charge is 0.497 e. The van der Waals surface area contributed by atoms with Gasteiger partial charge in [-0.05, 0) is 24.3 Å². The van der Waals surface area contributed by atoms with Gasteiger partial charge in [0.15, 0.2) is 0 Å². The number of ether oxygens (including phenoxy) is 2. The van der Waals surface area contributed by atoms with E-state index in [1.165, 1.54) is 0 Å². The van der Waals surface area contributed by atoms with E-state index in [0.717, 1.165) is 22.6 Å². The number of hydrogen-bond donors (Lipinski definition) is 2. The highest BCUT2D eigenvalue weighted by atomic mass is 16.5. The van der Waals surface area contributed by atoms with Gasteiger partial charge in [-0.3, -0.25) is 14.8 Å². The summed E-state index contributed by atoms with van der Waals surface area (Å²) in [6, 6.07) is 7.04. The lowest BCUT2D eigenvalue weighted by molar-refractivity contribution is -0.150. The Kier molecular flexibility index (Phi) is 4.59. The van der Waals surface area contributed by atoms with Gasteiger partial charge < -0.3 is 14.6 Å². The third-order valence-electron chi connectivity index (χ3n) is 3.99. The number of rotatable bonds is 5. The van der Waals surface area contributed by atoms with Crippen LogP contribution in [0.5, 0.6) is 5.75 Å². The number of hydrogen-bond acceptors (Lipinski definition) is 5. The van der Waals surface area contributed by atoms with Gasteiger partial charge in [-0.15, -0.1) is 0 Å². The molecule has 23 heavy (non-hydrogen) atoms. The zero-order chi connectivity index (χ0) is 16.2. The zero-order valence-electron chi connectivity index (χ0n) is 12.9. The van der Waals surface area contributed by atoms with Gasteiger partial charge >= 0.3 is 5.97 Å². The lowest BCUT2D eigenvalue weighted by atomic mass is 10.1. The molecule has 122 valence electrons. The summed E-state index contributed by atoms with van der Waals surface area (Å²) in [6.45, 7) is 1.85. The zero-order valence-corrected chi connectivity index (χ0v) is 12.9. The Hall–Kier alpha value is -2.38. The SMILES string of the molecule is COc1ccc(-c2[nH]ncc2CN2CCOC[C@@H]2C(=O)O)cc1. The summed E-state index contributed by atoms with van der Waals surface area (Å²) < 4.78 is 10.4. The van der Waals surface area contributed by atoms with Gasteiger partial charge in [0.1, 0.15) is 11.8 Å². The van der Waals surface area contributed by atoms with Crippen LogP contribution in [-0.2, 0) is 16.1 Å². The Morgan fingerprint density at radius 3 is 2.96 bits per heavy atom. The second-order valence-corrected chi connectivity index (χ2v) is 5.40. The van der Waals surface area contributed by atoms with Crippen LogP contribution in [0.1, 0.15) is 5.56 Å². The number of carboxylic acid groups (broad SMARTS) is 1. The first kappa shape index (κ1) is 15.5. The number of aromatic amines is 1. The maximum Gasteiger partial charge on any atom is 0.323 e. The van der Waals surface area contributed by atoms with Gasteiger partial charge in [-0.25, -0.2) is 0 Å². The standard InChI is InChI=1S/C16H19N3O4/c1-22-13-4-2-11(3-5-13)15-12(8-17-18-15)9-19-6-7-23-10-14(19)16(20)21/h2-5,8,14H,6-7,9-10H2,1H3,(H,17,18)(H,20,21)/t14-/m1/s1. The van der Waals surface area contributed by atoms with Crippen molar-refractivity contribution in [1.29, 1.82) is 0 Å². The van der Waals surface area contributed by atoms with E-state index in [2.05, 4.69) is 10.2 Å². The second-order valence-electron chi connectivity index (χ2n) is 5.40. The van der Waals surface area contributed by atoms with Gasteiger partial charge in [0.2, 0.25) is 0 Å². The van der Waals surface area contributed by atoms with E-state index < -0.39 is 12.0 Å². The van der Waals surface area contributed by atoms with Crippen LogP contribution in [-0.4, -0.2) is 59.1 Å². The molecule has 0 aliphatic carbocycles. The first-order valence-electron chi connectivity index (χ1n) is 7.40. The van der Waals surface area contributed by atoms with Crippen molar-refractivity contribution in [2.45, 2.75) is 12.6 Å². The Morgan fingerprint density at radius 1 is 1.48 bits per heavy atom. The van der Waals surface area contributed by atoms with Crippen molar-refractivity contribution in [2.24, 2.45) is 0 Å². The average molecular weight is 317 g/mol. The van der Waals surface area contributed by atoms with Crippen molar-refractivity contribution in [3.05, 3.63) is 36.0 Å². The molecule has 1 fully saturated rings. The van der Waals surface area contributed by atoms with Gasteiger partial charge in [0.25, 0.3) is 0 Å². The lowest BCUT2D eigenvalue weighted by Crippen LogP contribution is -2.49. The number of H-pyrrole nitrogens is 1. The van der Waals surface area contributed by atoms with Crippen LogP contribution >= 0.6 is 0 Å². The van der Waals surface area contributed by atoms with Gasteiger partial charge in [0, 0.05) is 24.2 Å². The maximum absolute atomic E-state index is 11.4. The van der Waals surface area contributed by atoms with Crippen LogP contribution in [0, 0.1) is 0 Å². The molecule has 1 aromatic carbocycles. The molecule has 2 aromatic rings. The summed E-state index contributed by atoms with van der Waals surface area (Å²) in [5.74, 6) is -0.0758. The summed E-state index contributed by atoms with van der Waals surface area (Å²) in [4.78, 5) is 13.3. The molecule has 0 spiro atoms. The van der Waals surface area contributed by atoms with Crippen molar-refractivity contribution in [1.82, 2.24) is 15.1 Å². The molecule has 1 aromatic heterocycles. The maximum atomic E-state index is 11.4. The fraction of sp³-hybridized carbons (Fsp3) is 0.375. The van der Waals surface area contributed by atoms with Crippen LogP contribution in [0.3, 0.4) is 0 Å². The molecule has 3 rings (SSSR count). The smallest absolute Gasteiger partial charge is 0.323 e. The Labute approximate surface area is 133 Å².